The standard InChI is InChI=1S/C23H25NO6/c1-13(25)28-11-18-15-4-5-19-23(30-12-29-19)17(15)10-24-7-6-14-8-20(26-2)21(27-3)9-16(14)22(18)24/h4-5,8-9,18,22H,6-7,10-12H2,1-3H3/p+1/t18-,22+/m1/s1. The summed E-state index contributed by atoms with van der Waals surface area (Å²) < 4.78 is 28.1. The molecule has 0 fully saturated rings. The lowest BCUT2D eigenvalue weighted by Crippen LogP contribution is -3.13. The van der Waals surface area contributed by atoms with Gasteiger partial charge in [-0.15, -0.1) is 0 Å². The summed E-state index contributed by atoms with van der Waals surface area (Å²) in [6, 6.07) is 8.40. The summed E-state index contributed by atoms with van der Waals surface area (Å²) >= 11 is 0. The number of ether oxygens (including phenoxy) is 5. The molecule has 3 heterocycles. The molecule has 0 radical (unpaired) electrons. The van der Waals surface area contributed by atoms with E-state index < -0.39 is 0 Å². The highest BCUT2D eigenvalue weighted by atomic mass is 16.7. The van der Waals surface area contributed by atoms with Crippen molar-refractivity contribution < 1.29 is 33.4 Å². The van der Waals surface area contributed by atoms with Gasteiger partial charge in [-0.1, -0.05) is 6.07 Å². The molecule has 2 aromatic carbocycles. The molecule has 0 aliphatic carbocycles. The van der Waals surface area contributed by atoms with Crippen LogP contribution in [0.5, 0.6) is 23.0 Å². The van der Waals surface area contributed by atoms with Gasteiger partial charge in [0.2, 0.25) is 6.79 Å². The van der Waals surface area contributed by atoms with Gasteiger partial charge in [0.05, 0.1) is 32.2 Å². The van der Waals surface area contributed by atoms with Gasteiger partial charge in [0.1, 0.15) is 19.2 Å². The summed E-state index contributed by atoms with van der Waals surface area (Å²) in [5.74, 6) is 2.84. The molecular formula is C23H26NO6+. The van der Waals surface area contributed by atoms with Crippen molar-refractivity contribution in [2.45, 2.75) is 31.8 Å². The van der Waals surface area contributed by atoms with E-state index in [0.29, 0.717) is 6.61 Å². The van der Waals surface area contributed by atoms with Gasteiger partial charge in [-0.3, -0.25) is 4.79 Å². The van der Waals surface area contributed by atoms with Gasteiger partial charge >= 0.3 is 5.97 Å². The van der Waals surface area contributed by atoms with E-state index in [4.69, 9.17) is 23.7 Å². The normalized spacial score (nSPS) is 23.1. The van der Waals surface area contributed by atoms with Crippen molar-refractivity contribution in [3.63, 3.8) is 0 Å². The first-order valence-electron chi connectivity index (χ1n) is 10.2. The van der Waals surface area contributed by atoms with Gasteiger partial charge in [-0.05, 0) is 29.3 Å². The lowest BCUT2D eigenvalue weighted by Gasteiger charge is -2.43. The monoisotopic (exact) mass is 412 g/mol. The van der Waals surface area contributed by atoms with E-state index in [2.05, 4.69) is 18.2 Å². The summed E-state index contributed by atoms with van der Waals surface area (Å²) in [7, 11) is 3.32. The third-order valence-corrected chi connectivity index (χ3v) is 6.49. The van der Waals surface area contributed by atoms with Gasteiger partial charge in [-0.25, -0.2) is 0 Å². The van der Waals surface area contributed by atoms with Gasteiger partial charge in [0.25, 0.3) is 0 Å². The number of rotatable bonds is 4. The molecule has 3 atom stereocenters. The molecule has 7 heteroatoms. The van der Waals surface area contributed by atoms with Gasteiger partial charge < -0.3 is 28.6 Å². The highest BCUT2D eigenvalue weighted by Crippen LogP contribution is 2.46. The first-order chi connectivity index (χ1) is 14.6. The lowest BCUT2D eigenvalue weighted by atomic mass is 9.76. The van der Waals surface area contributed by atoms with Gasteiger partial charge in [0.15, 0.2) is 23.0 Å². The molecule has 0 aromatic heterocycles. The average Bonchev–Trinajstić information content (AvgIpc) is 3.24. The fourth-order valence-corrected chi connectivity index (χ4v) is 5.19. The van der Waals surface area contributed by atoms with Crippen LogP contribution in [0.1, 0.15) is 41.1 Å². The zero-order valence-electron chi connectivity index (χ0n) is 17.4. The number of benzene rings is 2. The molecule has 1 N–H and O–H groups in total. The number of esters is 1. The smallest absolute Gasteiger partial charge is 0.302 e. The van der Waals surface area contributed by atoms with Crippen molar-refractivity contribution in [2.24, 2.45) is 0 Å². The van der Waals surface area contributed by atoms with Crippen molar-refractivity contribution in [3.8, 4) is 23.0 Å². The first kappa shape index (κ1) is 19.1. The molecular weight excluding hydrogens is 386 g/mol. The van der Waals surface area contributed by atoms with Crippen LogP contribution in [0.25, 0.3) is 0 Å². The third-order valence-electron chi connectivity index (χ3n) is 6.49. The number of carbonyl (C=O) groups excluding carboxylic acids is 1. The van der Waals surface area contributed by atoms with Crippen LogP contribution in [0.3, 0.4) is 0 Å². The fraction of sp³-hybridized carbons (Fsp3) is 0.435. The van der Waals surface area contributed by atoms with Crippen LogP contribution in [0, 0.1) is 0 Å². The molecule has 3 aliphatic rings. The molecule has 2 aromatic rings. The Morgan fingerprint density at radius 2 is 1.93 bits per heavy atom. The minimum Gasteiger partial charge on any atom is -0.493 e. The Morgan fingerprint density at radius 3 is 2.70 bits per heavy atom. The molecule has 7 nitrogen and oxygen atoms in total. The van der Waals surface area contributed by atoms with Crippen LogP contribution in [0.15, 0.2) is 24.3 Å². The summed E-state index contributed by atoms with van der Waals surface area (Å²) in [5.41, 5.74) is 4.82. The number of fused-ring (bicyclic) bond motifs is 6. The minimum absolute atomic E-state index is 0.0132. The molecule has 1 unspecified atom stereocenters. The quantitative estimate of drug-likeness (QED) is 0.773. The van der Waals surface area contributed by atoms with Crippen molar-refractivity contribution >= 4 is 5.97 Å². The summed E-state index contributed by atoms with van der Waals surface area (Å²) in [6.07, 6.45) is 0.948. The molecule has 0 saturated carbocycles. The van der Waals surface area contributed by atoms with E-state index in [0.717, 1.165) is 53.6 Å². The van der Waals surface area contributed by atoms with E-state index in [1.54, 1.807) is 14.2 Å². The van der Waals surface area contributed by atoms with E-state index in [-0.39, 0.29) is 24.7 Å². The van der Waals surface area contributed by atoms with Gasteiger partial charge in [-0.2, -0.15) is 0 Å². The van der Waals surface area contributed by atoms with Crippen LogP contribution in [-0.4, -0.2) is 40.1 Å². The van der Waals surface area contributed by atoms with E-state index in [1.165, 1.54) is 23.0 Å². The number of quaternary nitrogens is 1. The number of hydrogen-bond donors (Lipinski definition) is 1. The molecule has 5 rings (SSSR count). The van der Waals surface area contributed by atoms with Crippen molar-refractivity contribution in [2.75, 3.05) is 34.2 Å². The Kier molecular flexibility index (Phi) is 4.70. The summed E-state index contributed by atoms with van der Waals surface area (Å²) in [6.45, 7) is 3.85. The maximum absolute atomic E-state index is 11.7. The fourth-order valence-electron chi connectivity index (χ4n) is 5.19. The molecule has 30 heavy (non-hydrogen) atoms. The van der Waals surface area contributed by atoms with Crippen LogP contribution in [-0.2, 0) is 22.5 Å². The van der Waals surface area contributed by atoms with E-state index in [9.17, 15) is 4.79 Å². The number of methoxy groups -OCH3 is 2. The van der Waals surface area contributed by atoms with Crippen molar-refractivity contribution in [1.29, 1.82) is 0 Å². The third kappa shape index (κ3) is 2.96. The Labute approximate surface area is 175 Å². The maximum Gasteiger partial charge on any atom is 0.302 e. The van der Waals surface area contributed by atoms with Crippen molar-refractivity contribution in [3.05, 3.63) is 46.5 Å². The van der Waals surface area contributed by atoms with Crippen LogP contribution in [0.4, 0.5) is 0 Å². The SMILES string of the molecule is COc1cc2c(cc1OC)[C@H]1[C@H](COC(C)=O)c3ccc4c(c3C[NH+]1CC2)OCO4. The second-order valence-electron chi connectivity index (χ2n) is 7.99. The van der Waals surface area contributed by atoms with Crippen LogP contribution in [0.2, 0.25) is 0 Å². The lowest BCUT2D eigenvalue weighted by molar-refractivity contribution is -0.951. The maximum atomic E-state index is 11.7. The second kappa shape index (κ2) is 7.40. The first-order valence-corrected chi connectivity index (χ1v) is 10.2. The predicted octanol–water partition coefficient (Wildman–Crippen LogP) is 1.78. The highest BCUT2D eigenvalue weighted by Gasteiger charge is 2.45. The Bertz CT molecular complexity index is 1000. The van der Waals surface area contributed by atoms with Crippen LogP contribution >= 0.6 is 0 Å². The molecule has 0 saturated heterocycles. The Balaban J connectivity index is 1.64. The molecule has 0 spiro atoms. The van der Waals surface area contributed by atoms with Crippen LogP contribution < -0.4 is 23.8 Å². The molecule has 158 valence electrons. The Hall–Kier alpha value is -2.93. The average molecular weight is 412 g/mol. The molecule has 0 bridgehead atoms. The molecule has 3 aliphatic heterocycles. The largest absolute Gasteiger partial charge is 0.493 e. The molecule has 0 amide bonds. The minimum atomic E-state index is -0.271. The highest BCUT2D eigenvalue weighted by molar-refractivity contribution is 5.66. The van der Waals surface area contributed by atoms with E-state index >= 15 is 0 Å². The Morgan fingerprint density at radius 1 is 1.13 bits per heavy atom. The topological polar surface area (TPSA) is 67.7 Å². The van der Waals surface area contributed by atoms with Crippen molar-refractivity contribution in [1.82, 2.24) is 0 Å². The zero-order valence-corrected chi connectivity index (χ0v) is 17.4. The zero-order chi connectivity index (χ0) is 20.8. The number of carbonyl (C=O) groups is 1. The summed E-state index contributed by atoms with van der Waals surface area (Å²) in [5, 5.41) is 0. The van der Waals surface area contributed by atoms with Gasteiger partial charge in [0, 0.05) is 18.9 Å². The predicted molar refractivity (Wildman–Crippen MR) is 107 cm³/mol. The number of hydrogen-bond acceptors (Lipinski definition) is 6. The second-order valence-corrected chi connectivity index (χ2v) is 7.99. The summed E-state index contributed by atoms with van der Waals surface area (Å²) in [4.78, 5) is 13.1. The van der Waals surface area contributed by atoms with E-state index in [1.807, 2.05) is 6.07 Å². The number of nitrogens with one attached hydrogen (secondary N) is 1.